The minimum Gasteiger partial charge on any atom is -0.342 e. The Kier molecular flexibility index (Phi) is 5.57. The number of carbonyl (C=O) groups excluding carboxylic acids is 1. The summed E-state index contributed by atoms with van der Waals surface area (Å²) >= 11 is 0. The van der Waals surface area contributed by atoms with Gasteiger partial charge in [-0.15, -0.1) is 6.58 Å². The van der Waals surface area contributed by atoms with Crippen LogP contribution in [0, 0.1) is 0 Å². The largest absolute Gasteiger partial charge is 0.471 e. The molecule has 2 heterocycles. The number of hydrogen-bond donors (Lipinski definition) is 0. The molecule has 0 bridgehead atoms. The van der Waals surface area contributed by atoms with Crippen LogP contribution < -0.4 is 0 Å². The third kappa shape index (κ3) is 4.52. The van der Waals surface area contributed by atoms with E-state index >= 15 is 0 Å². The maximum Gasteiger partial charge on any atom is 0.471 e. The van der Waals surface area contributed by atoms with Gasteiger partial charge >= 0.3 is 12.1 Å². The van der Waals surface area contributed by atoms with E-state index in [1.54, 1.807) is 30.3 Å². The molecule has 10 heteroatoms. The standard InChI is InChI=1S/C17H16F3N3O4/c1-2-7-23(14(24)15-25-8-9-26-15)10-11-3-5-12(6-4-11)13-21-16(27-22-13)17(18,19)20/h2-6,15H,1,7-10H2. The SMILES string of the molecule is C=CCN(Cc1ccc(-c2noc(C(F)(F)F)n2)cc1)C(=O)C1OCCO1. The highest BCUT2D eigenvalue weighted by molar-refractivity contribution is 5.80. The molecule has 0 spiro atoms. The predicted octanol–water partition coefficient (Wildman–Crippen LogP) is 2.64. The molecule has 1 fully saturated rings. The average Bonchev–Trinajstić information content (AvgIpc) is 3.33. The van der Waals surface area contributed by atoms with Crippen molar-refractivity contribution in [3.63, 3.8) is 0 Å². The van der Waals surface area contributed by atoms with Crippen molar-refractivity contribution >= 4 is 5.91 Å². The van der Waals surface area contributed by atoms with Crippen molar-refractivity contribution in [2.75, 3.05) is 19.8 Å². The van der Waals surface area contributed by atoms with E-state index in [1.807, 2.05) is 0 Å². The van der Waals surface area contributed by atoms with Crippen LogP contribution >= 0.6 is 0 Å². The Balaban J connectivity index is 1.71. The van der Waals surface area contributed by atoms with Gasteiger partial charge in [-0.05, 0) is 5.56 Å². The van der Waals surface area contributed by atoms with Crippen molar-refractivity contribution in [2.45, 2.75) is 19.0 Å². The molecule has 1 aliphatic heterocycles. The van der Waals surface area contributed by atoms with Crippen LogP contribution in [0.15, 0.2) is 41.4 Å². The minimum absolute atomic E-state index is 0.166. The van der Waals surface area contributed by atoms with E-state index in [4.69, 9.17) is 9.47 Å². The molecule has 1 saturated heterocycles. The summed E-state index contributed by atoms with van der Waals surface area (Å²) in [7, 11) is 0. The van der Waals surface area contributed by atoms with E-state index in [2.05, 4.69) is 21.2 Å². The van der Waals surface area contributed by atoms with Gasteiger partial charge in [0.1, 0.15) is 0 Å². The van der Waals surface area contributed by atoms with Crippen molar-refractivity contribution in [3.8, 4) is 11.4 Å². The lowest BCUT2D eigenvalue weighted by molar-refractivity contribution is -0.159. The summed E-state index contributed by atoms with van der Waals surface area (Å²) < 4.78 is 52.3. The third-order valence-electron chi connectivity index (χ3n) is 3.74. The number of carbonyl (C=O) groups is 1. The van der Waals surface area contributed by atoms with Crippen LogP contribution in [0.1, 0.15) is 11.5 Å². The fourth-order valence-electron chi connectivity index (χ4n) is 2.47. The summed E-state index contributed by atoms with van der Waals surface area (Å²) in [6, 6.07) is 6.44. The Bertz CT molecular complexity index is 799. The van der Waals surface area contributed by atoms with Gasteiger partial charge in [0, 0.05) is 18.7 Å². The Labute approximate surface area is 152 Å². The second-order valence-corrected chi connectivity index (χ2v) is 5.70. The number of benzene rings is 1. The second-order valence-electron chi connectivity index (χ2n) is 5.70. The average molecular weight is 383 g/mol. The molecule has 3 rings (SSSR count). The quantitative estimate of drug-likeness (QED) is 0.714. The molecule has 0 radical (unpaired) electrons. The summed E-state index contributed by atoms with van der Waals surface area (Å²) in [6.07, 6.45) is -4.04. The fraction of sp³-hybridized carbons (Fsp3) is 0.353. The van der Waals surface area contributed by atoms with Crippen molar-refractivity contribution in [1.29, 1.82) is 0 Å². The molecule has 1 aliphatic rings. The molecule has 0 aliphatic carbocycles. The molecular weight excluding hydrogens is 367 g/mol. The van der Waals surface area contributed by atoms with Crippen LogP contribution in [-0.2, 0) is 27.0 Å². The van der Waals surface area contributed by atoms with Crippen molar-refractivity contribution < 1.29 is 32.0 Å². The number of halogens is 3. The second kappa shape index (κ2) is 7.89. The minimum atomic E-state index is -4.69. The van der Waals surface area contributed by atoms with Crippen molar-refractivity contribution in [1.82, 2.24) is 15.0 Å². The van der Waals surface area contributed by atoms with Gasteiger partial charge < -0.3 is 18.9 Å². The Hall–Kier alpha value is -2.72. The van der Waals surface area contributed by atoms with E-state index < -0.39 is 18.4 Å². The van der Waals surface area contributed by atoms with Gasteiger partial charge in [-0.3, -0.25) is 4.79 Å². The zero-order chi connectivity index (χ0) is 19.4. The highest BCUT2D eigenvalue weighted by atomic mass is 19.4. The van der Waals surface area contributed by atoms with Crippen LogP contribution in [0.2, 0.25) is 0 Å². The molecular formula is C17H16F3N3O4. The topological polar surface area (TPSA) is 77.7 Å². The summed E-state index contributed by atoms with van der Waals surface area (Å²) in [4.78, 5) is 17.3. The third-order valence-corrected chi connectivity index (χ3v) is 3.74. The van der Waals surface area contributed by atoms with E-state index in [1.165, 1.54) is 4.90 Å². The van der Waals surface area contributed by atoms with Gasteiger partial charge in [-0.1, -0.05) is 35.5 Å². The van der Waals surface area contributed by atoms with Crippen LogP contribution in [0.3, 0.4) is 0 Å². The molecule has 7 nitrogen and oxygen atoms in total. The van der Waals surface area contributed by atoms with Gasteiger partial charge in [-0.25, -0.2) is 0 Å². The van der Waals surface area contributed by atoms with Crippen LogP contribution in [0.25, 0.3) is 11.4 Å². The van der Waals surface area contributed by atoms with Gasteiger partial charge in [0.2, 0.25) is 12.1 Å². The summed E-state index contributed by atoms with van der Waals surface area (Å²) in [5, 5.41) is 3.34. The molecule has 27 heavy (non-hydrogen) atoms. The first kappa shape index (κ1) is 19.1. The molecule has 1 aromatic carbocycles. The first-order valence-corrected chi connectivity index (χ1v) is 8.01. The van der Waals surface area contributed by atoms with Crippen molar-refractivity contribution in [2.24, 2.45) is 0 Å². The summed E-state index contributed by atoms with van der Waals surface area (Å²) in [5.41, 5.74) is 1.12. The molecule has 0 atom stereocenters. The Morgan fingerprint density at radius 1 is 1.26 bits per heavy atom. The highest BCUT2D eigenvalue weighted by Crippen LogP contribution is 2.29. The predicted molar refractivity (Wildman–Crippen MR) is 86.0 cm³/mol. The fourth-order valence-corrected chi connectivity index (χ4v) is 2.47. The van der Waals surface area contributed by atoms with Crippen molar-refractivity contribution in [3.05, 3.63) is 48.4 Å². The van der Waals surface area contributed by atoms with E-state index in [0.29, 0.717) is 25.3 Å². The number of ether oxygens (including phenoxy) is 2. The van der Waals surface area contributed by atoms with Crippen LogP contribution in [0.5, 0.6) is 0 Å². The molecule has 0 saturated carbocycles. The molecule has 0 unspecified atom stereocenters. The van der Waals surface area contributed by atoms with Gasteiger partial charge in [0.05, 0.1) is 13.2 Å². The van der Waals surface area contributed by atoms with E-state index in [9.17, 15) is 18.0 Å². The first-order chi connectivity index (χ1) is 12.9. The van der Waals surface area contributed by atoms with E-state index in [0.717, 1.165) is 5.56 Å². The van der Waals surface area contributed by atoms with Crippen LogP contribution in [-0.4, -0.2) is 47.0 Å². The lowest BCUT2D eigenvalue weighted by atomic mass is 10.1. The van der Waals surface area contributed by atoms with E-state index in [-0.39, 0.29) is 18.3 Å². The molecule has 0 N–H and O–H groups in total. The zero-order valence-corrected chi connectivity index (χ0v) is 14.1. The zero-order valence-electron chi connectivity index (χ0n) is 14.1. The highest BCUT2D eigenvalue weighted by Gasteiger charge is 2.38. The Morgan fingerprint density at radius 3 is 2.48 bits per heavy atom. The van der Waals surface area contributed by atoms with Gasteiger partial charge in [-0.2, -0.15) is 18.2 Å². The number of amides is 1. The number of rotatable bonds is 6. The normalized spacial score (nSPS) is 15.1. The molecule has 144 valence electrons. The Morgan fingerprint density at radius 2 is 1.93 bits per heavy atom. The maximum atomic E-state index is 12.5. The molecule has 1 amide bonds. The summed E-state index contributed by atoms with van der Waals surface area (Å²) in [6.45, 7) is 4.90. The van der Waals surface area contributed by atoms with Crippen LogP contribution in [0.4, 0.5) is 13.2 Å². The lowest BCUT2D eigenvalue weighted by Crippen LogP contribution is -2.39. The lowest BCUT2D eigenvalue weighted by Gasteiger charge is -2.23. The number of alkyl halides is 3. The monoisotopic (exact) mass is 383 g/mol. The number of nitrogens with zero attached hydrogens (tertiary/aromatic N) is 3. The molecule has 1 aromatic heterocycles. The van der Waals surface area contributed by atoms with Gasteiger partial charge in [0.15, 0.2) is 0 Å². The molecule has 2 aromatic rings. The number of hydrogen-bond acceptors (Lipinski definition) is 6. The first-order valence-electron chi connectivity index (χ1n) is 8.01. The maximum absolute atomic E-state index is 12.5. The smallest absolute Gasteiger partial charge is 0.342 e. The number of aromatic nitrogens is 2. The summed E-state index contributed by atoms with van der Waals surface area (Å²) in [5.74, 6) is -1.88. The van der Waals surface area contributed by atoms with Gasteiger partial charge in [0.25, 0.3) is 5.91 Å².